The highest BCUT2D eigenvalue weighted by atomic mass is 79.9. The van der Waals surface area contributed by atoms with Gasteiger partial charge in [-0.25, -0.2) is 4.39 Å². The minimum absolute atomic E-state index is 0.161. The first kappa shape index (κ1) is 14.6. The molecule has 1 saturated carbocycles. The molecule has 0 atom stereocenters. The minimum atomic E-state index is -0.625. The quantitative estimate of drug-likeness (QED) is 0.640. The maximum Gasteiger partial charge on any atom is 0.295 e. The summed E-state index contributed by atoms with van der Waals surface area (Å²) in [4.78, 5) is 10.4. The monoisotopic (exact) mass is 348 g/mol. The molecule has 1 aromatic carbocycles. The third kappa shape index (κ3) is 3.02. The Morgan fingerprint density at radius 1 is 1.58 bits per heavy atom. The molecule has 0 radical (unpaired) electrons. The molecule has 0 aromatic heterocycles. The van der Waals surface area contributed by atoms with Gasteiger partial charge in [-0.15, -0.1) is 0 Å². The Morgan fingerprint density at radius 3 is 2.74 bits per heavy atom. The molecule has 0 amide bonds. The average molecular weight is 349 g/mol. The van der Waals surface area contributed by atoms with Crippen LogP contribution in [0.2, 0.25) is 0 Å². The highest BCUT2D eigenvalue weighted by Crippen LogP contribution is 2.43. The highest BCUT2D eigenvalue weighted by molar-refractivity contribution is 9.10. The summed E-state index contributed by atoms with van der Waals surface area (Å²) in [7, 11) is 0. The van der Waals surface area contributed by atoms with Gasteiger partial charge < -0.3 is 5.32 Å². The number of nitrogens with zero attached hydrogens (tertiary/aromatic N) is 1. The number of nitro groups is 1. The smallest absolute Gasteiger partial charge is 0.295 e. The molecule has 1 N–H and O–H groups in total. The van der Waals surface area contributed by atoms with Crippen molar-refractivity contribution in [2.45, 2.75) is 24.0 Å². The van der Waals surface area contributed by atoms with E-state index in [4.69, 9.17) is 0 Å². The fraction of sp³-hybridized carbons (Fsp3) is 0.500. The molecule has 1 fully saturated rings. The van der Waals surface area contributed by atoms with Crippen LogP contribution in [0.25, 0.3) is 0 Å². The molecule has 0 spiro atoms. The standard InChI is InChI=1S/C12H14BrFN2O2S/c1-19-12(3-2-4-12)7-15-10-5-8(13)9(14)6-11(10)16(17)18/h5-6,15H,2-4,7H2,1H3. The minimum Gasteiger partial charge on any atom is -0.378 e. The Labute approximate surface area is 123 Å². The molecule has 0 unspecified atom stereocenters. The van der Waals surface area contributed by atoms with Gasteiger partial charge in [0.05, 0.1) is 15.5 Å². The summed E-state index contributed by atoms with van der Waals surface area (Å²) in [6.07, 6.45) is 5.46. The van der Waals surface area contributed by atoms with Crippen molar-refractivity contribution in [1.82, 2.24) is 0 Å². The lowest BCUT2D eigenvalue weighted by atomic mass is 9.84. The molecule has 1 aromatic rings. The second kappa shape index (κ2) is 5.66. The number of rotatable bonds is 5. The maximum absolute atomic E-state index is 13.4. The zero-order valence-electron chi connectivity index (χ0n) is 10.4. The van der Waals surface area contributed by atoms with Gasteiger partial charge in [0.1, 0.15) is 11.5 Å². The summed E-state index contributed by atoms with van der Waals surface area (Å²) in [5.41, 5.74) is 0.134. The average Bonchev–Trinajstić information content (AvgIpc) is 2.32. The van der Waals surface area contributed by atoms with Crippen LogP contribution in [0.5, 0.6) is 0 Å². The van der Waals surface area contributed by atoms with E-state index in [-0.39, 0.29) is 14.9 Å². The van der Waals surface area contributed by atoms with Crippen molar-refractivity contribution in [3.05, 3.63) is 32.5 Å². The summed E-state index contributed by atoms with van der Waals surface area (Å²) < 4.78 is 13.7. The number of benzene rings is 1. The molecule has 19 heavy (non-hydrogen) atoms. The molecule has 0 saturated heterocycles. The number of thioether (sulfide) groups is 1. The van der Waals surface area contributed by atoms with E-state index in [2.05, 4.69) is 27.5 Å². The van der Waals surface area contributed by atoms with Crippen molar-refractivity contribution in [3.63, 3.8) is 0 Å². The van der Waals surface area contributed by atoms with Gasteiger partial charge in [0.15, 0.2) is 0 Å². The lowest BCUT2D eigenvalue weighted by Crippen LogP contribution is -2.40. The zero-order chi connectivity index (χ0) is 14.0. The lowest BCUT2D eigenvalue weighted by Gasteiger charge is -2.40. The third-order valence-corrected chi connectivity index (χ3v) is 5.56. The number of anilines is 1. The van der Waals surface area contributed by atoms with Gasteiger partial charge in [0.25, 0.3) is 5.69 Å². The summed E-state index contributed by atoms with van der Waals surface area (Å²) in [6, 6.07) is 2.37. The third-order valence-electron chi connectivity index (χ3n) is 3.53. The molecule has 0 aliphatic heterocycles. The van der Waals surface area contributed by atoms with Gasteiger partial charge >= 0.3 is 0 Å². The molecule has 7 heteroatoms. The molecule has 0 heterocycles. The van der Waals surface area contributed by atoms with Crippen LogP contribution in [-0.2, 0) is 0 Å². The van der Waals surface area contributed by atoms with E-state index in [1.165, 1.54) is 12.5 Å². The number of nitro benzene ring substituents is 1. The second-order valence-corrected chi connectivity index (χ2v) is 6.76. The van der Waals surface area contributed by atoms with Crippen LogP contribution in [0, 0.1) is 15.9 Å². The van der Waals surface area contributed by atoms with Crippen LogP contribution in [0.4, 0.5) is 15.8 Å². The normalized spacial score (nSPS) is 16.8. The molecule has 1 aliphatic rings. The van der Waals surface area contributed by atoms with Crippen LogP contribution in [0.15, 0.2) is 16.6 Å². The van der Waals surface area contributed by atoms with Crippen LogP contribution < -0.4 is 5.32 Å². The fourth-order valence-electron chi connectivity index (χ4n) is 2.11. The van der Waals surface area contributed by atoms with Crippen LogP contribution in [0.1, 0.15) is 19.3 Å². The number of nitrogens with one attached hydrogen (secondary N) is 1. The Kier molecular flexibility index (Phi) is 4.35. The van der Waals surface area contributed by atoms with E-state index in [0.717, 1.165) is 18.9 Å². The summed E-state index contributed by atoms with van der Waals surface area (Å²) in [5.74, 6) is -0.625. The Hall–Kier alpha value is -0.820. The topological polar surface area (TPSA) is 55.2 Å². The Balaban J connectivity index is 2.19. The fourth-order valence-corrected chi connectivity index (χ4v) is 3.37. The van der Waals surface area contributed by atoms with Crippen molar-refractivity contribution < 1.29 is 9.31 Å². The van der Waals surface area contributed by atoms with E-state index in [1.807, 2.05) is 0 Å². The van der Waals surface area contributed by atoms with Gasteiger partial charge in [-0.1, -0.05) is 6.42 Å². The van der Waals surface area contributed by atoms with Crippen LogP contribution in [-0.4, -0.2) is 22.5 Å². The maximum atomic E-state index is 13.4. The predicted molar refractivity (Wildman–Crippen MR) is 79.3 cm³/mol. The molecule has 1 aliphatic carbocycles. The number of hydrogen-bond donors (Lipinski definition) is 1. The van der Waals surface area contributed by atoms with E-state index in [9.17, 15) is 14.5 Å². The van der Waals surface area contributed by atoms with Crippen molar-refractivity contribution in [2.24, 2.45) is 0 Å². The van der Waals surface area contributed by atoms with Gasteiger partial charge in [-0.2, -0.15) is 11.8 Å². The summed E-state index contributed by atoms with van der Waals surface area (Å²) >= 11 is 4.84. The molecule has 0 bridgehead atoms. The summed E-state index contributed by atoms with van der Waals surface area (Å²) in [6.45, 7) is 0.660. The van der Waals surface area contributed by atoms with Crippen molar-refractivity contribution in [3.8, 4) is 0 Å². The van der Waals surface area contributed by atoms with E-state index in [0.29, 0.717) is 12.2 Å². The van der Waals surface area contributed by atoms with Crippen molar-refractivity contribution in [1.29, 1.82) is 0 Å². The SMILES string of the molecule is CSC1(CNc2cc(Br)c(F)cc2[N+](=O)[O-])CCC1. The van der Waals surface area contributed by atoms with E-state index in [1.54, 1.807) is 11.8 Å². The lowest BCUT2D eigenvalue weighted by molar-refractivity contribution is -0.384. The second-order valence-electron chi connectivity index (χ2n) is 4.63. The largest absolute Gasteiger partial charge is 0.378 e. The van der Waals surface area contributed by atoms with Crippen LogP contribution >= 0.6 is 27.7 Å². The number of hydrogen-bond acceptors (Lipinski definition) is 4. The van der Waals surface area contributed by atoms with Crippen molar-refractivity contribution in [2.75, 3.05) is 18.1 Å². The molecule has 2 rings (SSSR count). The first-order chi connectivity index (χ1) is 8.97. The van der Waals surface area contributed by atoms with Gasteiger partial charge in [-0.3, -0.25) is 10.1 Å². The zero-order valence-corrected chi connectivity index (χ0v) is 12.8. The first-order valence-electron chi connectivity index (χ1n) is 5.90. The molecular weight excluding hydrogens is 335 g/mol. The van der Waals surface area contributed by atoms with Gasteiger partial charge in [0.2, 0.25) is 0 Å². The number of halogens is 2. The Morgan fingerprint density at radius 2 is 2.26 bits per heavy atom. The molecule has 104 valence electrons. The van der Waals surface area contributed by atoms with Crippen molar-refractivity contribution >= 4 is 39.1 Å². The highest BCUT2D eigenvalue weighted by Gasteiger charge is 2.36. The molecule has 4 nitrogen and oxygen atoms in total. The molecular formula is C12H14BrFN2O2S. The van der Waals surface area contributed by atoms with E-state index < -0.39 is 10.7 Å². The van der Waals surface area contributed by atoms with Crippen LogP contribution in [0.3, 0.4) is 0 Å². The van der Waals surface area contributed by atoms with Gasteiger partial charge in [-0.05, 0) is 41.1 Å². The van der Waals surface area contributed by atoms with Gasteiger partial charge in [0, 0.05) is 11.3 Å². The first-order valence-corrected chi connectivity index (χ1v) is 7.92. The summed E-state index contributed by atoms with van der Waals surface area (Å²) in [5, 5.41) is 14.0. The Bertz CT molecular complexity index is 503. The van der Waals surface area contributed by atoms with E-state index >= 15 is 0 Å². The predicted octanol–water partition coefficient (Wildman–Crippen LogP) is 4.19.